The summed E-state index contributed by atoms with van der Waals surface area (Å²) >= 11 is 12.1. The summed E-state index contributed by atoms with van der Waals surface area (Å²) in [5, 5.41) is 30.4. The van der Waals surface area contributed by atoms with E-state index in [0.29, 0.717) is 5.69 Å². The maximum Gasteiger partial charge on any atom is 0.103 e. The van der Waals surface area contributed by atoms with Crippen LogP contribution in [0.3, 0.4) is 0 Å². The van der Waals surface area contributed by atoms with E-state index in [2.05, 4.69) is 5.32 Å². The molecule has 21 heavy (non-hydrogen) atoms. The number of nitrogens with one attached hydrogen (secondary N) is 1. The Labute approximate surface area is 131 Å². The molecule has 0 unspecified atom stereocenters. The van der Waals surface area contributed by atoms with Crippen LogP contribution in [0.5, 0.6) is 0 Å². The van der Waals surface area contributed by atoms with E-state index in [0.717, 1.165) is 0 Å². The number of halogens is 2. The van der Waals surface area contributed by atoms with Crippen molar-refractivity contribution >= 4 is 34.6 Å². The molecule has 6 heteroatoms. The van der Waals surface area contributed by atoms with Gasteiger partial charge in [-0.1, -0.05) is 41.4 Å². The van der Waals surface area contributed by atoms with E-state index in [1.54, 1.807) is 24.3 Å². The first kappa shape index (κ1) is 14.7. The van der Waals surface area contributed by atoms with E-state index >= 15 is 0 Å². The van der Waals surface area contributed by atoms with Crippen LogP contribution in [0.1, 0.15) is 16.7 Å². The molecule has 4 nitrogen and oxygen atoms in total. The maximum absolute atomic E-state index is 9.27. The number of rotatable bonds is 2. The molecule has 0 radical (unpaired) electrons. The van der Waals surface area contributed by atoms with Crippen LogP contribution < -0.4 is 5.32 Å². The number of benzene rings is 2. The quantitative estimate of drug-likeness (QED) is 0.893. The zero-order chi connectivity index (χ0) is 15.4. The van der Waals surface area contributed by atoms with Crippen LogP contribution in [0, 0.1) is 34.0 Å². The van der Waals surface area contributed by atoms with Crippen molar-refractivity contribution in [1.82, 2.24) is 0 Å². The molecule has 0 spiro atoms. The lowest BCUT2D eigenvalue weighted by Crippen LogP contribution is -2.01. The minimum atomic E-state index is -0.0787. The largest absolute Gasteiger partial charge is 0.353 e. The summed E-state index contributed by atoms with van der Waals surface area (Å²) in [7, 11) is 0. The maximum atomic E-state index is 9.27. The average molecular weight is 313 g/mol. The summed E-state index contributed by atoms with van der Waals surface area (Å²) in [5.74, 6) is 0. The van der Waals surface area contributed by atoms with Crippen LogP contribution in [-0.4, -0.2) is 0 Å². The van der Waals surface area contributed by atoms with Crippen molar-refractivity contribution < 1.29 is 0 Å². The molecule has 2 rings (SSSR count). The smallest absolute Gasteiger partial charge is 0.103 e. The summed E-state index contributed by atoms with van der Waals surface area (Å²) in [6.07, 6.45) is 0. The fraction of sp³-hybridized carbons (Fsp3) is 0. The fourth-order valence-corrected chi connectivity index (χ4v) is 2.39. The summed E-state index contributed by atoms with van der Waals surface area (Å²) in [5.41, 5.74) is 0.809. The van der Waals surface area contributed by atoms with E-state index in [1.165, 1.54) is 0 Å². The second-order valence-electron chi connectivity index (χ2n) is 3.95. The Morgan fingerprint density at radius 3 is 1.67 bits per heavy atom. The van der Waals surface area contributed by atoms with Gasteiger partial charge >= 0.3 is 0 Å². The second kappa shape index (κ2) is 6.16. The minimum Gasteiger partial charge on any atom is -0.353 e. The van der Waals surface area contributed by atoms with Crippen molar-refractivity contribution in [2.75, 3.05) is 5.32 Å². The third kappa shape index (κ3) is 2.62. The van der Waals surface area contributed by atoms with Crippen molar-refractivity contribution in [1.29, 1.82) is 15.8 Å². The van der Waals surface area contributed by atoms with Gasteiger partial charge in [-0.2, -0.15) is 15.8 Å². The van der Waals surface area contributed by atoms with Gasteiger partial charge in [0.1, 0.15) is 18.2 Å². The number of anilines is 2. The van der Waals surface area contributed by atoms with Crippen LogP contribution in [0.2, 0.25) is 10.0 Å². The van der Waals surface area contributed by atoms with Gasteiger partial charge < -0.3 is 5.32 Å². The molecule has 0 aromatic heterocycles. The first-order valence-electron chi connectivity index (χ1n) is 5.71. The molecule has 0 atom stereocenters. The first-order valence-corrected chi connectivity index (χ1v) is 6.47. The highest BCUT2D eigenvalue weighted by Crippen LogP contribution is 2.38. The van der Waals surface area contributed by atoms with Crippen LogP contribution in [-0.2, 0) is 0 Å². The fourth-order valence-electron chi connectivity index (χ4n) is 1.79. The van der Waals surface area contributed by atoms with Crippen molar-refractivity contribution in [3.8, 4) is 18.2 Å². The lowest BCUT2D eigenvalue weighted by Gasteiger charge is -2.13. The van der Waals surface area contributed by atoms with Crippen molar-refractivity contribution in [2.45, 2.75) is 0 Å². The zero-order valence-electron chi connectivity index (χ0n) is 10.5. The highest BCUT2D eigenvalue weighted by atomic mass is 35.5. The molecule has 1 N–H and O–H groups in total. The Morgan fingerprint density at radius 2 is 1.24 bits per heavy atom. The van der Waals surface area contributed by atoms with Gasteiger partial charge in [0.15, 0.2) is 0 Å². The van der Waals surface area contributed by atoms with E-state index in [-0.39, 0.29) is 32.4 Å². The SMILES string of the molecule is N#Cc1c(Cl)c(C#N)c(Nc2ccccc2)c(C#N)c1Cl. The van der Waals surface area contributed by atoms with E-state index in [4.69, 9.17) is 28.5 Å². The molecule has 0 aliphatic rings. The van der Waals surface area contributed by atoms with Gasteiger partial charge in [-0.05, 0) is 12.1 Å². The number of hydrogen-bond donors (Lipinski definition) is 1. The Kier molecular flexibility index (Phi) is 4.31. The highest BCUT2D eigenvalue weighted by Gasteiger charge is 2.22. The Morgan fingerprint density at radius 1 is 0.762 bits per heavy atom. The molecule has 0 saturated heterocycles. The zero-order valence-corrected chi connectivity index (χ0v) is 12.0. The van der Waals surface area contributed by atoms with Crippen molar-refractivity contribution in [2.24, 2.45) is 0 Å². The molecule has 0 aliphatic carbocycles. The molecule has 2 aromatic carbocycles. The number of nitrogens with zero attached hydrogens (tertiary/aromatic N) is 3. The molecule has 0 fully saturated rings. The lowest BCUT2D eigenvalue weighted by molar-refractivity contribution is 1.40. The van der Waals surface area contributed by atoms with Crippen LogP contribution >= 0.6 is 23.2 Å². The summed E-state index contributed by atoms with van der Waals surface area (Å²) in [4.78, 5) is 0. The molecular formula is C15H6Cl2N4. The van der Waals surface area contributed by atoms with Crippen LogP contribution in [0.25, 0.3) is 0 Å². The Balaban J connectivity index is 2.74. The van der Waals surface area contributed by atoms with Crippen molar-refractivity contribution in [3.05, 3.63) is 57.1 Å². The predicted molar refractivity (Wildman–Crippen MR) is 80.3 cm³/mol. The monoisotopic (exact) mass is 312 g/mol. The number of hydrogen-bond acceptors (Lipinski definition) is 4. The van der Waals surface area contributed by atoms with Gasteiger partial charge in [0.25, 0.3) is 0 Å². The van der Waals surface area contributed by atoms with Crippen LogP contribution in [0.4, 0.5) is 11.4 Å². The number of nitriles is 3. The Bertz CT molecular complexity index is 783. The first-order chi connectivity index (χ1) is 10.1. The molecule has 0 aliphatic heterocycles. The number of para-hydroxylation sites is 1. The van der Waals surface area contributed by atoms with Crippen LogP contribution in [0.15, 0.2) is 30.3 Å². The molecule has 100 valence electrons. The molecule has 0 bridgehead atoms. The van der Waals surface area contributed by atoms with Gasteiger partial charge in [0.2, 0.25) is 0 Å². The minimum absolute atomic E-state index is 0.0121. The predicted octanol–water partition coefficient (Wildman–Crippen LogP) is 4.35. The van der Waals surface area contributed by atoms with E-state index in [9.17, 15) is 10.5 Å². The van der Waals surface area contributed by atoms with Gasteiger partial charge in [0.05, 0.1) is 32.4 Å². The molecule has 2 aromatic rings. The highest BCUT2D eigenvalue weighted by molar-refractivity contribution is 6.38. The lowest BCUT2D eigenvalue weighted by atomic mass is 10.0. The Hall–Kier alpha value is -2.71. The molecule has 0 saturated carbocycles. The molecule has 0 amide bonds. The van der Waals surface area contributed by atoms with Crippen molar-refractivity contribution in [3.63, 3.8) is 0 Å². The second-order valence-corrected chi connectivity index (χ2v) is 4.71. The summed E-state index contributed by atoms with van der Waals surface area (Å²) in [6, 6.07) is 14.6. The third-order valence-corrected chi connectivity index (χ3v) is 3.51. The topological polar surface area (TPSA) is 83.4 Å². The standard InChI is InChI=1S/C15H6Cl2N4/c16-13-10(6-18)14(17)12(8-20)15(11(13)7-19)21-9-4-2-1-3-5-9/h1-5,21H. The van der Waals surface area contributed by atoms with Gasteiger partial charge in [-0.3, -0.25) is 0 Å². The summed E-state index contributed by atoms with van der Waals surface area (Å²) < 4.78 is 0. The van der Waals surface area contributed by atoms with Gasteiger partial charge in [-0.25, -0.2) is 0 Å². The normalized spacial score (nSPS) is 9.29. The van der Waals surface area contributed by atoms with Gasteiger partial charge in [0, 0.05) is 5.69 Å². The molecule has 0 heterocycles. The average Bonchev–Trinajstić information content (AvgIpc) is 2.49. The van der Waals surface area contributed by atoms with E-state index in [1.807, 2.05) is 24.3 Å². The van der Waals surface area contributed by atoms with Gasteiger partial charge in [-0.15, -0.1) is 0 Å². The summed E-state index contributed by atoms with van der Waals surface area (Å²) in [6.45, 7) is 0. The van der Waals surface area contributed by atoms with E-state index < -0.39 is 0 Å². The third-order valence-electron chi connectivity index (χ3n) is 2.76. The molecular weight excluding hydrogens is 307 g/mol.